The molecule has 0 bridgehead atoms. The van der Waals surface area contributed by atoms with Crippen LogP contribution in [0.3, 0.4) is 0 Å². The highest BCUT2D eigenvalue weighted by Crippen LogP contribution is 2.11. The van der Waals surface area contributed by atoms with Crippen LogP contribution in [0.2, 0.25) is 0 Å². The second-order valence-corrected chi connectivity index (χ2v) is 4.09. The molecular weight excluding hydrogens is 196 g/mol. The van der Waals surface area contributed by atoms with E-state index in [9.17, 15) is 4.79 Å². The first-order chi connectivity index (χ1) is 6.88. The maximum absolute atomic E-state index is 10.6. The molecule has 90 valence electrons. The van der Waals surface area contributed by atoms with Crippen molar-refractivity contribution in [1.29, 1.82) is 0 Å². The van der Waals surface area contributed by atoms with Gasteiger partial charge in [0, 0.05) is 13.2 Å². The van der Waals surface area contributed by atoms with E-state index in [1.807, 2.05) is 14.1 Å². The Labute approximate surface area is 91.2 Å². The molecule has 0 saturated carbocycles. The van der Waals surface area contributed by atoms with Crippen molar-refractivity contribution in [3.8, 4) is 0 Å². The monoisotopic (exact) mass is 218 g/mol. The number of nitrogens with two attached hydrogens (primary N) is 1. The molecular formula is C10H22N2O3. The summed E-state index contributed by atoms with van der Waals surface area (Å²) >= 11 is 0. The van der Waals surface area contributed by atoms with Crippen molar-refractivity contribution >= 4 is 5.97 Å². The molecule has 0 rings (SSSR count). The third-order valence-electron chi connectivity index (χ3n) is 2.65. The summed E-state index contributed by atoms with van der Waals surface area (Å²) in [5, 5.41) is 8.68. The largest absolute Gasteiger partial charge is 0.480 e. The molecule has 0 saturated heterocycles. The molecule has 0 aromatic carbocycles. The Morgan fingerprint density at radius 2 is 2.00 bits per heavy atom. The van der Waals surface area contributed by atoms with E-state index in [2.05, 4.69) is 11.8 Å². The van der Waals surface area contributed by atoms with E-state index in [0.717, 1.165) is 6.42 Å². The van der Waals surface area contributed by atoms with Crippen molar-refractivity contribution in [3.05, 3.63) is 0 Å². The first kappa shape index (κ1) is 14.3. The lowest BCUT2D eigenvalue weighted by atomic mass is 10.0. The van der Waals surface area contributed by atoms with Crippen LogP contribution in [0, 0.1) is 0 Å². The third kappa shape index (κ3) is 5.71. The van der Waals surface area contributed by atoms with Gasteiger partial charge in [-0.3, -0.25) is 4.79 Å². The van der Waals surface area contributed by atoms with E-state index < -0.39 is 12.0 Å². The lowest BCUT2D eigenvalue weighted by molar-refractivity contribution is -0.139. The lowest BCUT2D eigenvalue weighted by Crippen LogP contribution is -2.37. The summed E-state index contributed by atoms with van der Waals surface area (Å²) < 4.78 is 5.22. The van der Waals surface area contributed by atoms with Crippen molar-refractivity contribution in [2.24, 2.45) is 5.73 Å². The summed E-state index contributed by atoms with van der Waals surface area (Å²) in [7, 11) is 5.55. The van der Waals surface area contributed by atoms with Crippen LogP contribution in [-0.4, -0.2) is 55.4 Å². The number of hydrogen-bond donors (Lipinski definition) is 2. The molecule has 0 radical (unpaired) electrons. The van der Waals surface area contributed by atoms with Crippen LogP contribution < -0.4 is 5.73 Å². The number of carboxylic acid groups (broad SMARTS) is 1. The topological polar surface area (TPSA) is 75.8 Å². The molecule has 0 aliphatic carbocycles. The van der Waals surface area contributed by atoms with Crippen LogP contribution in [0.4, 0.5) is 0 Å². The minimum Gasteiger partial charge on any atom is -0.480 e. The molecule has 5 nitrogen and oxygen atoms in total. The highest BCUT2D eigenvalue weighted by atomic mass is 16.5. The summed E-state index contributed by atoms with van der Waals surface area (Å²) in [5.41, 5.74) is 5.45. The third-order valence-corrected chi connectivity index (χ3v) is 2.65. The molecule has 0 spiro atoms. The number of nitrogens with zero attached hydrogens (tertiary/aromatic N) is 1. The fourth-order valence-electron chi connectivity index (χ4n) is 1.26. The Bertz CT molecular complexity index is 197. The maximum Gasteiger partial charge on any atom is 0.320 e. The van der Waals surface area contributed by atoms with E-state index >= 15 is 0 Å². The van der Waals surface area contributed by atoms with Gasteiger partial charge in [-0.1, -0.05) is 0 Å². The van der Waals surface area contributed by atoms with Crippen LogP contribution in [0.1, 0.15) is 19.8 Å². The Morgan fingerprint density at radius 3 is 2.33 bits per heavy atom. The summed E-state index contributed by atoms with van der Waals surface area (Å²) in [6, 6.07) is -0.500. The first-order valence-corrected chi connectivity index (χ1v) is 5.06. The van der Waals surface area contributed by atoms with Gasteiger partial charge in [-0.2, -0.15) is 0 Å². The van der Waals surface area contributed by atoms with Gasteiger partial charge in [0.25, 0.3) is 0 Å². The molecule has 3 atom stereocenters. The molecule has 0 aliphatic rings. The number of carbonyl (C=O) groups is 1. The average Bonchev–Trinajstić information content (AvgIpc) is 2.15. The van der Waals surface area contributed by atoms with Gasteiger partial charge >= 0.3 is 5.97 Å². The van der Waals surface area contributed by atoms with E-state index in [-0.39, 0.29) is 6.10 Å². The van der Waals surface area contributed by atoms with Crippen molar-refractivity contribution in [1.82, 2.24) is 4.90 Å². The summed E-state index contributed by atoms with van der Waals surface area (Å²) in [5.74, 6) is -0.977. The SMILES string of the molecule is COC(CC(C)N(C)C)C[C@H](N)C(=O)O. The molecule has 0 aromatic heterocycles. The minimum atomic E-state index is -0.977. The van der Waals surface area contributed by atoms with Crippen LogP contribution in [0.15, 0.2) is 0 Å². The van der Waals surface area contributed by atoms with E-state index in [1.165, 1.54) is 0 Å². The zero-order chi connectivity index (χ0) is 12.0. The van der Waals surface area contributed by atoms with Crippen molar-refractivity contribution in [3.63, 3.8) is 0 Å². The van der Waals surface area contributed by atoms with Gasteiger partial charge in [-0.15, -0.1) is 0 Å². The van der Waals surface area contributed by atoms with Gasteiger partial charge in [0.2, 0.25) is 0 Å². The Hall–Kier alpha value is -0.650. The van der Waals surface area contributed by atoms with Gasteiger partial charge in [-0.25, -0.2) is 0 Å². The quantitative estimate of drug-likeness (QED) is 0.636. The van der Waals surface area contributed by atoms with Crippen LogP contribution in [0.25, 0.3) is 0 Å². The van der Waals surface area contributed by atoms with Gasteiger partial charge < -0.3 is 20.5 Å². The fourth-order valence-corrected chi connectivity index (χ4v) is 1.26. The van der Waals surface area contributed by atoms with Crippen LogP contribution in [-0.2, 0) is 9.53 Å². The van der Waals surface area contributed by atoms with Gasteiger partial charge in [0.1, 0.15) is 6.04 Å². The number of methoxy groups -OCH3 is 1. The Kier molecular flexibility index (Phi) is 6.47. The number of carboxylic acids is 1. The Morgan fingerprint density at radius 1 is 1.47 bits per heavy atom. The highest BCUT2D eigenvalue weighted by Gasteiger charge is 2.20. The molecule has 15 heavy (non-hydrogen) atoms. The molecule has 0 heterocycles. The number of rotatable bonds is 7. The number of aliphatic carboxylic acids is 1. The second-order valence-electron chi connectivity index (χ2n) is 4.09. The van der Waals surface area contributed by atoms with E-state index in [1.54, 1.807) is 7.11 Å². The first-order valence-electron chi connectivity index (χ1n) is 5.06. The van der Waals surface area contributed by atoms with Gasteiger partial charge in [-0.05, 0) is 33.9 Å². The molecule has 3 N–H and O–H groups in total. The maximum atomic E-state index is 10.6. The number of hydrogen-bond acceptors (Lipinski definition) is 4. The molecule has 2 unspecified atom stereocenters. The molecule has 0 aromatic rings. The molecule has 0 aliphatic heterocycles. The standard InChI is InChI=1S/C10H22N2O3/c1-7(12(2)3)5-8(15-4)6-9(11)10(13)14/h7-9H,5-6,11H2,1-4H3,(H,13,14)/t7?,8?,9-/m0/s1. The second kappa shape index (κ2) is 6.76. The predicted molar refractivity (Wildman–Crippen MR) is 58.8 cm³/mol. The summed E-state index contributed by atoms with van der Waals surface area (Å²) in [6.07, 6.45) is 1.03. The van der Waals surface area contributed by atoms with E-state index in [4.69, 9.17) is 15.6 Å². The molecule has 0 amide bonds. The van der Waals surface area contributed by atoms with Gasteiger partial charge in [0.15, 0.2) is 0 Å². The minimum absolute atomic E-state index is 0.103. The van der Waals surface area contributed by atoms with Crippen LogP contribution >= 0.6 is 0 Å². The molecule has 5 heteroatoms. The number of ether oxygens (including phenoxy) is 1. The highest BCUT2D eigenvalue weighted by molar-refractivity contribution is 5.73. The van der Waals surface area contributed by atoms with Crippen molar-refractivity contribution in [2.75, 3.05) is 21.2 Å². The van der Waals surface area contributed by atoms with E-state index in [0.29, 0.717) is 12.5 Å². The summed E-state index contributed by atoms with van der Waals surface area (Å²) in [4.78, 5) is 12.6. The Balaban J connectivity index is 4.08. The lowest BCUT2D eigenvalue weighted by Gasteiger charge is -2.25. The average molecular weight is 218 g/mol. The smallest absolute Gasteiger partial charge is 0.320 e. The fraction of sp³-hybridized carbons (Fsp3) is 0.900. The predicted octanol–water partition coefficient (Wildman–Crippen LogP) is 0.144. The van der Waals surface area contributed by atoms with Crippen molar-refractivity contribution in [2.45, 2.75) is 38.0 Å². The zero-order valence-corrected chi connectivity index (χ0v) is 9.93. The van der Waals surface area contributed by atoms with Crippen LogP contribution in [0.5, 0.6) is 0 Å². The summed E-state index contributed by atoms with van der Waals surface area (Å²) in [6.45, 7) is 2.07. The van der Waals surface area contributed by atoms with Crippen molar-refractivity contribution < 1.29 is 14.6 Å². The normalized spacial score (nSPS) is 17.5. The zero-order valence-electron chi connectivity index (χ0n) is 9.93. The van der Waals surface area contributed by atoms with Gasteiger partial charge in [0.05, 0.1) is 6.10 Å². The molecule has 0 fully saturated rings.